The molecule has 0 spiro atoms. The predicted molar refractivity (Wildman–Crippen MR) is 101 cm³/mol. The van der Waals surface area contributed by atoms with Gasteiger partial charge in [0.2, 0.25) is 0 Å². The maximum Gasteiger partial charge on any atom is 0.262 e. The number of halogens is 1. The molecule has 1 N–H and O–H groups in total. The number of benzene rings is 2. The SMILES string of the molecule is CCc1ccc(OCC(=O)Nc2cccc(Cl)c2C)c(-n2cnnc2)c1. The van der Waals surface area contributed by atoms with Crippen molar-refractivity contribution in [1.29, 1.82) is 0 Å². The summed E-state index contributed by atoms with van der Waals surface area (Å²) in [5.74, 6) is 0.324. The van der Waals surface area contributed by atoms with Crippen molar-refractivity contribution in [2.24, 2.45) is 0 Å². The number of nitrogens with one attached hydrogen (secondary N) is 1. The average molecular weight is 371 g/mol. The van der Waals surface area contributed by atoms with E-state index in [0.717, 1.165) is 23.2 Å². The zero-order chi connectivity index (χ0) is 18.5. The Morgan fingerprint density at radius 1 is 1.23 bits per heavy atom. The van der Waals surface area contributed by atoms with Crippen LogP contribution in [0.5, 0.6) is 5.75 Å². The van der Waals surface area contributed by atoms with Gasteiger partial charge in [-0.05, 0) is 48.7 Å². The Morgan fingerprint density at radius 3 is 2.73 bits per heavy atom. The summed E-state index contributed by atoms with van der Waals surface area (Å²) in [5, 5.41) is 11.1. The van der Waals surface area contributed by atoms with E-state index in [2.05, 4.69) is 22.4 Å². The number of hydrogen-bond donors (Lipinski definition) is 1. The molecule has 0 saturated carbocycles. The lowest BCUT2D eigenvalue weighted by molar-refractivity contribution is -0.118. The highest BCUT2D eigenvalue weighted by Crippen LogP contribution is 2.25. The van der Waals surface area contributed by atoms with E-state index in [0.29, 0.717) is 16.5 Å². The van der Waals surface area contributed by atoms with Crippen molar-refractivity contribution in [2.45, 2.75) is 20.3 Å². The number of carbonyl (C=O) groups is 1. The lowest BCUT2D eigenvalue weighted by Gasteiger charge is -2.14. The fourth-order valence-corrected chi connectivity index (χ4v) is 2.68. The van der Waals surface area contributed by atoms with Gasteiger partial charge in [0.25, 0.3) is 5.91 Å². The molecule has 0 unspecified atom stereocenters. The topological polar surface area (TPSA) is 69.0 Å². The number of anilines is 1. The van der Waals surface area contributed by atoms with Crippen LogP contribution in [0.15, 0.2) is 49.1 Å². The summed E-state index contributed by atoms with van der Waals surface area (Å²) in [6.07, 6.45) is 4.08. The molecule has 1 aromatic heterocycles. The third kappa shape index (κ3) is 4.03. The summed E-state index contributed by atoms with van der Waals surface area (Å²) in [4.78, 5) is 12.3. The zero-order valence-electron chi connectivity index (χ0n) is 14.6. The van der Waals surface area contributed by atoms with Gasteiger partial charge in [0.15, 0.2) is 6.61 Å². The van der Waals surface area contributed by atoms with Crippen LogP contribution in [0.25, 0.3) is 5.69 Å². The number of ether oxygens (including phenoxy) is 1. The summed E-state index contributed by atoms with van der Waals surface area (Å²) in [5.41, 5.74) is 3.44. The summed E-state index contributed by atoms with van der Waals surface area (Å²) in [6.45, 7) is 3.81. The molecule has 6 nitrogen and oxygen atoms in total. The lowest BCUT2D eigenvalue weighted by Crippen LogP contribution is -2.21. The van der Waals surface area contributed by atoms with E-state index in [-0.39, 0.29) is 12.5 Å². The number of carbonyl (C=O) groups excluding carboxylic acids is 1. The van der Waals surface area contributed by atoms with Crippen molar-refractivity contribution >= 4 is 23.2 Å². The number of amides is 1. The van der Waals surface area contributed by atoms with Gasteiger partial charge in [0, 0.05) is 10.7 Å². The molecular weight excluding hydrogens is 352 g/mol. The largest absolute Gasteiger partial charge is 0.482 e. The third-order valence-electron chi connectivity index (χ3n) is 4.03. The van der Waals surface area contributed by atoms with E-state index in [4.69, 9.17) is 16.3 Å². The van der Waals surface area contributed by atoms with Crippen LogP contribution in [0, 0.1) is 6.92 Å². The van der Waals surface area contributed by atoms with Gasteiger partial charge >= 0.3 is 0 Å². The van der Waals surface area contributed by atoms with Crippen molar-refractivity contribution in [2.75, 3.05) is 11.9 Å². The van der Waals surface area contributed by atoms with Crippen LogP contribution in [0.3, 0.4) is 0 Å². The van der Waals surface area contributed by atoms with Crippen molar-refractivity contribution in [1.82, 2.24) is 14.8 Å². The van der Waals surface area contributed by atoms with Gasteiger partial charge in [-0.3, -0.25) is 9.36 Å². The molecule has 7 heteroatoms. The van der Waals surface area contributed by atoms with Crippen molar-refractivity contribution in [3.63, 3.8) is 0 Å². The molecular formula is C19H19ClN4O2. The first kappa shape index (κ1) is 17.9. The molecule has 0 radical (unpaired) electrons. The number of rotatable bonds is 6. The fraction of sp³-hybridized carbons (Fsp3) is 0.211. The van der Waals surface area contributed by atoms with Crippen LogP contribution in [-0.4, -0.2) is 27.3 Å². The van der Waals surface area contributed by atoms with Crippen LogP contribution in [0.1, 0.15) is 18.1 Å². The molecule has 0 bridgehead atoms. The van der Waals surface area contributed by atoms with Gasteiger partial charge in [-0.1, -0.05) is 30.7 Å². The first-order valence-electron chi connectivity index (χ1n) is 8.24. The van der Waals surface area contributed by atoms with E-state index in [1.165, 1.54) is 0 Å². The number of aryl methyl sites for hydroxylation is 1. The molecule has 0 aliphatic carbocycles. The zero-order valence-corrected chi connectivity index (χ0v) is 15.3. The van der Waals surface area contributed by atoms with Gasteiger partial charge in [-0.15, -0.1) is 10.2 Å². The highest BCUT2D eigenvalue weighted by molar-refractivity contribution is 6.31. The van der Waals surface area contributed by atoms with E-state index in [1.807, 2.05) is 25.1 Å². The molecule has 0 saturated heterocycles. The number of hydrogen-bond acceptors (Lipinski definition) is 4. The minimum absolute atomic E-state index is 0.119. The minimum Gasteiger partial charge on any atom is -0.482 e. The van der Waals surface area contributed by atoms with E-state index in [1.54, 1.807) is 35.4 Å². The molecule has 0 aliphatic rings. The molecule has 1 heterocycles. The first-order valence-corrected chi connectivity index (χ1v) is 8.62. The molecule has 0 fully saturated rings. The molecule has 134 valence electrons. The monoisotopic (exact) mass is 370 g/mol. The molecule has 0 atom stereocenters. The van der Waals surface area contributed by atoms with Crippen LogP contribution < -0.4 is 10.1 Å². The normalized spacial score (nSPS) is 10.6. The molecule has 3 rings (SSSR count). The second-order valence-corrected chi connectivity index (χ2v) is 6.18. The Labute approximate surface area is 156 Å². The highest BCUT2D eigenvalue weighted by atomic mass is 35.5. The summed E-state index contributed by atoms with van der Waals surface area (Å²) >= 11 is 6.08. The Hall–Kier alpha value is -2.86. The summed E-state index contributed by atoms with van der Waals surface area (Å²) < 4.78 is 7.50. The van der Waals surface area contributed by atoms with Crippen molar-refractivity contribution in [3.8, 4) is 11.4 Å². The van der Waals surface area contributed by atoms with E-state index in [9.17, 15) is 4.79 Å². The maximum atomic E-state index is 12.3. The number of aromatic nitrogens is 3. The Balaban J connectivity index is 1.73. The van der Waals surface area contributed by atoms with Crippen molar-refractivity contribution in [3.05, 3.63) is 65.2 Å². The van der Waals surface area contributed by atoms with Gasteiger partial charge in [-0.2, -0.15) is 0 Å². The highest BCUT2D eigenvalue weighted by Gasteiger charge is 2.11. The van der Waals surface area contributed by atoms with Crippen LogP contribution in [0.2, 0.25) is 5.02 Å². The van der Waals surface area contributed by atoms with Gasteiger partial charge in [0.1, 0.15) is 18.4 Å². The number of nitrogens with zero attached hydrogens (tertiary/aromatic N) is 3. The predicted octanol–water partition coefficient (Wildman–Crippen LogP) is 3.81. The Kier molecular flexibility index (Phi) is 5.53. The minimum atomic E-state index is -0.260. The molecule has 2 aromatic carbocycles. The van der Waals surface area contributed by atoms with E-state index < -0.39 is 0 Å². The summed E-state index contributed by atoms with van der Waals surface area (Å²) in [7, 11) is 0. The van der Waals surface area contributed by atoms with E-state index >= 15 is 0 Å². The van der Waals surface area contributed by atoms with Crippen molar-refractivity contribution < 1.29 is 9.53 Å². The molecule has 3 aromatic rings. The van der Waals surface area contributed by atoms with Gasteiger partial charge in [-0.25, -0.2) is 0 Å². The van der Waals surface area contributed by atoms with Crippen LogP contribution >= 0.6 is 11.6 Å². The van der Waals surface area contributed by atoms with Crippen LogP contribution in [-0.2, 0) is 11.2 Å². The van der Waals surface area contributed by atoms with Gasteiger partial charge in [0.05, 0.1) is 5.69 Å². The first-order chi connectivity index (χ1) is 12.6. The standard InChI is InChI=1S/C19H19ClN4O2/c1-3-14-7-8-18(17(9-14)24-11-21-22-12-24)26-10-19(25)23-16-6-4-5-15(20)13(16)2/h4-9,11-12H,3,10H2,1-2H3,(H,23,25). The molecule has 26 heavy (non-hydrogen) atoms. The summed E-state index contributed by atoms with van der Waals surface area (Å²) in [6, 6.07) is 11.2. The van der Waals surface area contributed by atoms with Gasteiger partial charge < -0.3 is 10.1 Å². The quantitative estimate of drug-likeness (QED) is 0.716. The average Bonchev–Trinajstić information content (AvgIpc) is 3.18. The Morgan fingerprint density at radius 2 is 2.00 bits per heavy atom. The third-order valence-corrected chi connectivity index (χ3v) is 4.44. The second-order valence-electron chi connectivity index (χ2n) is 5.77. The maximum absolute atomic E-state index is 12.3. The lowest BCUT2D eigenvalue weighted by atomic mass is 10.1. The molecule has 0 aliphatic heterocycles. The second kappa shape index (κ2) is 8.01. The van der Waals surface area contributed by atoms with Crippen LogP contribution in [0.4, 0.5) is 5.69 Å². The molecule has 1 amide bonds. The smallest absolute Gasteiger partial charge is 0.262 e. The fourth-order valence-electron chi connectivity index (χ4n) is 2.50. The Bertz CT molecular complexity index is 910.